The fourth-order valence-corrected chi connectivity index (χ4v) is 23.3. The van der Waals surface area contributed by atoms with Gasteiger partial charge in [0.2, 0.25) is 0 Å². The summed E-state index contributed by atoms with van der Waals surface area (Å²) >= 11 is 14.2. The van der Waals surface area contributed by atoms with E-state index in [0.29, 0.717) is 0 Å². The van der Waals surface area contributed by atoms with Crippen molar-refractivity contribution in [1.82, 2.24) is 13.7 Å². The molecule has 24 aromatic rings. The molecule has 0 atom stereocenters. The van der Waals surface area contributed by atoms with E-state index in [0.717, 1.165) is 77.9 Å². The first kappa shape index (κ1) is 84.1. The molecule has 6 nitrogen and oxygen atoms in total. The lowest BCUT2D eigenvalue weighted by atomic mass is 10.0. The molecule has 626 valence electrons. The van der Waals surface area contributed by atoms with Crippen LogP contribution in [0.2, 0.25) is 0 Å². The molecule has 0 bridgehead atoms. The number of benzene rings is 17. The summed E-state index contributed by atoms with van der Waals surface area (Å²) in [5.74, 6) is 0. The molecule has 0 saturated carbocycles. The van der Waals surface area contributed by atoms with Gasteiger partial charge in [0.05, 0.1) is 40.7 Å². The lowest BCUT2D eigenvalue weighted by molar-refractivity contribution is 1.17. The largest absolute Gasteiger partial charge is 0.356 e. The highest BCUT2D eigenvalue weighted by molar-refractivity contribution is 9.11. The second kappa shape index (κ2) is 36.2. The SMILES string of the molecule is Brc1cc2cc3sc(Br)cc3cc2s1.C.C=Cc1ccc(-c2ccc(N(c3ccc(-n4c5ccccc5c5ccccc54)cc3)c3cc4cc5sc(N(c6ccc(-c7ccc(C=C)cc7)cc6)c6ccc(-n7c8ccccc8c8ccccc87)cc6)cc5cc4s3)cc2)cc1.C=Cc1ccc(-c2ccc(Nc3ccc(-n4c5ccccc5c5ccccc54)cc3)cc2)cc1.S. The van der Waals surface area contributed by atoms with Crippen molar-refractivity contribution in [2.24, 2.45) is 0 Å². The van der Waals surface area contributed by atoms with Gasteiger partial charge in [0.25, 0.3) is 0 Å². The summed E-state index contributed by atoms with van der Waals surface area (Å²) in [5.41, 5.74) is 27.6. The van der Waals surface area contributed by atoms with Crippen molar-refractivity contribution in [1.29, 1.82) is 0 Å². The topological polar surface area (TPSA) is 33.3 Å². The van der Waals surface area contributed by atoms with Crippen LogP contribution in [0.3, 0.4) is 0 Å². The molecule has 1 N–H and O–H groups in total. The van der Waals surface area contributed by atoms with Gasteiger partial charge in [-0.25, -0.2) is 0 Å². The Balaban J connectivity index is 0.000000172. The smallest absolute Gasteiger partial charge is 0.101 e. The first-order valence-electron chi connectivity index (χ1n) is 42.4. The summed E-state index contributed by atoms with van der Waals surface area (Å²) in [6.45, 7) is 11.7. The quantitative estimate of drug-likeness (QED) is 0.0986. The highest BCUT2D eigenvalue weighted by Crippen LogP contribution is 2.49. The molecule has 17 aromatic carbocycles. The van der Waals surface area contributed by atoms with Crippen molar-refractivity contribution in [3.05, 3.63) is 457 Å². The number of hydrogen-bond donors (Lipinski definition) is 1. The molecule has 0 aliphatic rings. The third-order valence-corrected chi connectivity index (χ3v) is 29.5. The van der Waals surface area contributed by atoms with E-state index in [1.807, 2.05) is 40.9 Å². The van der Waals surface area contributed by atoms with Crippen LogP contribution in [0.15, 0.2) is 440 Å². The number of hydrogen-bond acceptors (Lipinski definition) is 7. The standard InChI is InChI=1S/C74H50N4S2.C32H24N2.C10H4Br2S2.CH4.H2S/c1-3-49-21-25-51(26-22-49)53-29-33-57(34-30-53)75(59-37-41-61(42-38-59)77-67-17-9-5-13-63(67)64-14-6-10-18-68(64)77)73-47-55-45-72-56(46-71(55)79-73)48-74(80-72)76(58-35-31-54(32-36-58)52-27-23-50(4-2)24-28-52)60-39-43-62(44-40-60)78-69-19-11-7-15-65(69)66-16-8-12-20-70(66)78;1-2-23-11-13-24(14-12-23)25-15-17-26(18-16-25)33-27-19-21-28(22-20-27)34-31-9-5-3-7-29(31)30-8-4-6-10-32(30)34;11-9-3-5-1-7-6(2-8(5)14-9)4-10(12)13-7;;/h3-48H,1-2H2;2-22,33H,1H2;1-4H;1H4;1H2. The minimum absolute atomic E-state index is 0. The van der Waals surface area contributed by atoms with Gasteiger partial charge in [-0.15, -0.1) is 45.3 Å². The summed E-state index contributed by atoms with van der Waals surface area (Å²) < 4.78 is 14.6. The van der Waals surface area contributed by atoms with Gasteiger partial charge in [-0.2, -0.15) is 13.5 Å². The van der Waals surface area contributed by atoms with Crippen LogP contribution in [0.25, 0.3) is 174 Å². The molecule has 0 aliphatic heterocycles. The summed E-state index contributed by atoms with van der Waals surface area (Å²) in [4.78, 5) is 4.82. The summed E-state index contributed by atoms with van der Waals surface area (Å²) in [6, 6.07) is 149. The predicted molar refractivity (Wildman–Crippen MR) is 582 cm³/mol. The maximum Gasteiger partial charge on any atom is 0.101 e. The Morgan fingerprint density at radius 2 is 0.462 bits per heavy atom. The van der Waals surface area contributed by atoms with E-state index in [-0.39, 0.29) is 20.9 Å². The van der Waals surface area contributed by atoms with E-state index in [2.05, 4.69) is 493 Å². The van der Waals surface area contributed by atoms with E-state index in [1.165, 1.54) is 147 Å². The minimum atomic E-state index is 0. The van der Waals surface area contributed by atoms with Gasteiger partial charge >= 0.3 is 0 Å². The minimum Gasteiger partial charge on any atom is -0.356 e. The van der Waals surface area contributed by atoms with Crippen molar-refractivity contribution in [3.8, 4) is 50.4 Å². The van der Waals surface area contributed by atoms with E-state index in [9.17, 15) is 0 Å². The lowest BCUT2D eigenvalue weighted by Gasteiger charge is -2.24. The van der Waals surface area contributed by atoms with Crippen LogP contribution in [0.4, 0.5) is 44.1 Å². The van der Waals surface area contributed by atoms with Crippen molar-refractivity contribution < 1.29 is 0 Å². The molecule has 13 heteroatoms. The Kier molecular flexibility index (Phi) is 23.4. The zero-order valence-corrected chi connectivity index (χ0v) is 77.2. The van der Waals surface area contributed by atoms with Crippen molar-refractivity contribution in [2.45, 2.75) is 7.43 Å². The number of nitrogens with one attached hydrogen (secondary N) is 1. The van der Waals surface area contributed by atoms with E-state index in [4.69, 9.17) is 0 Å². The second-order valence-electron chi connectivity index (χ2n) is 31.8. The van der Waals surface area contributed by atoms with E-state index < -0.39 is 0 Å². The van der Waals surface area contributed by atoms with Crippen LogP contribution in [0.1, 0.15) is 24.1 Å². The Morgan fingerprint density at radius 1 is 0.246 bits per heavy atom. The monoisotopic (exact) mass is 1890 g/mol. The molecule has 7 aromatic heterocycles. The summed E-state index contributed by atoms with van der Waals surface area (Å²) in [5, 5.41) is 18.5. The van der Waals surface area contributed by atoms with Gasteiger partial charge in [0.1, 0.15) is 10.0 Å². The number of nitrogens with zero attached hydrogens (tertiary/aromatic N) is 5. The number of anilines is 8. The average molecular weight is 1890 g/mol. The number of thiophene rings is 4. The Bertz CT molecular complexity index is 7710. The lowest BCUT2D eigenvalue weighted by Crippen LogP contribution is -2.08. The van der Waals surface area contributed by atoms with Crippen LogP contribution in [0, 0.1) is 0 Å². The van der Waals surface area contributed by atoms with Gasteiger partial charge in [-0.05, 0) is 298 Å². The molecule has 0 spiro atoms. The van der Waals surface area contributed by atoms with Gasteiger partial charge in [-0.1, -0.05) is 264 Å². The highest BCUT2D eigenvalue weighted by Gasteiger charge is 2.23. The van der Waals surface area contributed by atoms with Crippen molar-refractivity contribution in [3.63, 3.8) is 0 Å². The van der Waals surface area contributed by atoms with Gasteiger partial charge < -0.3 is 28.8 Å². The Hall–Kier alpha value is -14.1. The second-order valence-corrected chi connectivity index (χ2v) is 38.8. The van der Waals surface area contributed by atoms with Crippen LogP contribution in [-0.4, -0.2) is 13.7 Å². The first-order chi connectivity index (χ1) is 63.0. The summed E-state index contributed by atoms with van der Waals surface area (Å²) in [7, 11) is 0. The van der Waals surface area contributed by atoms with Crippen LogP contribution >= 0.6 is 90.7 Å². The maximum atomic E-state index is 3.96. The number of halogens is 2. The molecule has 0 unspecified atom stereocenters. The van der Waals surface area contributed by atoms with Crippen LogP contribution < -0.4 is 15.1 Å². The maximum absolute atomic E-state index is 3.96. The molecule has 0 radical (unpaired) electrons. The Morgan fingerprint density at radius 3 is 0.731 bits per heavy atom. The number of fused-ring (bicyclic) bond motifs is 13. The number of para-hydroxylation sites is 6. The number of aromatic nitrogens is 3. The fraction of sp³-hybridized carbons (Fsp3) is 0.00855. The molecule has 130 heavy (non-hydrogen) atoms. The fourth-order valence-electron chi connectivity index (χ4n) is 17.8. The molecule has 0 saturated heterocycles. The molecular weight excluding hydrogens is 1810 g/mol. The van der Waals surface area contributed by atoms with Crippen molar-refractivity contribution in [2.75, 3.05) is 15.1 Å². The average Bonchev–Trinajstić information content (AvgIpc) is 1.59. The van der Waals surface area contributed by atoms with Gasteiger partial charge in [0, 0.05) is 102 Å². The molecule has 0 aliphatic carbocycles. The number of rotatable bonds is 17. The third-order valence-electron chi connectivity index (χ3n) is 24.1. The Labute approximate surface area is 794 Å². The molecule has 0 amide bonds. The van der Waals surface area contributed by atoms with Gasteiger partial charge in [0.15, 0.2) is 0 Å². The molecule has 24 rings (SSSR count). The normalized spacial score (nSPS) is 11.3. The third kappa shape index (κ3) is 16.1. The van der Waals surface area contributed by atoms with E-state index >= 15 is 0 Å². The molecular formula is C117H84Br2N6S5. The van der Waals surface area contributed by atoms with Crippen LogP contribution in [0.5, 0.6) is 0 Å². The highest BCUT2D eigenvalue weighted by atomic mass is 79.9. The molecule has 0 fully saturated rings. The first-order valence-corrected chi connectivity index (χ1v) is 47.3. The predicted octanol–water partition coefficient (Wildman–Crippen LogP) is 37.1. The van der Waals surface area contributed by atoms with Crippen molar-refractivity contribution >= 4 is 259 Å². The molecule has 7 heterocycles. The zero-order valence-electron chi connectivity index (χ0n) is 69.7. The summed E-state index contributed by atoms with van der Waals surface area (Å²) in [6.07, 6.45) is 5.64. The van der Waals surface area contributed by atoms with E-state index in [1.54, 1.807) is 22.7 Å². The zero-order chi connectivity index (χ0) is 85.9. The van der Waals surface area contributed by atoms with Gasteiger partial charge in [-0.3, -0.25) is 0 Å². The van der Waals surface area contributed by atoms with Crippen LogP contribution in [-0.2, 0) is 0 Å².